The fraction of sp³-hybridized carbons (Fsp3) is 0.0714. The third-order valence-electron chi connectivity index (χ3n) is 3.01. The molecule has 7 heteroatoms. The minimum Gasteiger partial charge on any atom is -0.364 e. The summed E-state index contributed by atoms with van der Waals surface area (Å²) in [5, 5.41) is 7.90. The van der Waals surface area contributed by atoms with E-state index in [1.807, 2.05) is 0 Å². The molecule has 0 spiro atoms. The zero-order valence-corrected chi connectivity index (χ0v) is 10.9. The Labute approximate surface area is 119 Å². The number of rotatable bonds is 4. The number of carbonyl (C=O) groups excluding carboxylic acids is 1. The summed E-state index contributed by atoms with van der Waals surface area (Å²) in [5.74, 6) is -1.01. The van der Waals surface area contributed by atoms with Crippen LogP contribution in [0.5, 0.6) is 0 Å². The van der Waals surface area contributed by atoms with Crippen LogP contribution in [0, 0.1) is 5.82 Å². The number of nitrogens with zero attached hydrogens (tertiary/aromatic N) is 3. The molecule has 1 amide bonds. The Balaban J connectivity index is 2.05. The van der Waals surface area contributed by atoms with Crippen molar-refractivity contribution in [2.45, 2.75) is 6.54 Å². The van der Waals surface area contributed by atoms with E-state index in [1.54, 1.807) is 24.3 Å². The summed E-state index contributed by atoms with van der Waals surface area (Å²) in [6, 6.07) is 9.47. The van der Waals surface area contributed by atoms with Gasteiger partial charge in [0.15, 0.2) is 5.69 Å². The summed E-state index contributed by atoms with van der Waals surface area (Å²) in [5.41, 5.74) is 6.79. The molecule has 0 aliphatic heterocycles. The highest BCUT2D eigenvalue weighted by Gasteiger charge is 2.16. The number of primary amides is 1. The van der Waals surface area contributed by atoms with Crippen molar-refractivity contribution < 1.29 is 13.7 Å². The van der Waals surface area contributed by atoms with Gasteiger partial charge in [-0.2, -0.15) is 5.10 Å². The second-order valence-corrected chi connectivity index (χ2v) is 4.41. The van der Waals surface area contributed by atoms with Crippen LogP contribution >= 0.6 is 0 Å². The highest BCUT2D eigenvalue weighted by Crippen LogP contribution is 2.20. The summed E-state index contributed by atoms with van der Waals surface area (Å²) in [4.78, 5) is 11.3. The van der Waals surface area contributed by atoms with Gasteiger partial charge >= 0.3 is 0 Å². The van der Waals surface area contributed by atoms with Gasteiger partial charge in [0.25, 0.3) is 5.91 Å². The molecule has 1 aromatic carbocycles. The average molecular weight is 286 g/mol. The van der Waals surface area contributed by atoms with Gasteiger partial charge in [-0.3, -0.25) is 9.48 Å². The lowest BCUT2D eigenvalue weighted by molar-refractivity contribution is 0.0995. The van der Waals surface area contributed by atoms with Crippen LogP contribution in [0.4, 0.5) is 4.39 Å². The van der Waals surface area contributed by atoms with Crippen molar-refractivity contribution >= 4 is 5.91 Å². The molecular formula is C14H11FN4O2. The van der Waals surface area contributed by atoms with Crippen molar-refractivity contribution in [2.75, 3.05) is 0 Å². The molecule has 2 heterocycles. The topological polar surface area (TPSA) is 86.9 Å². The number of aromatic nitrogens is 3. The van der Waals surface area contributed by atoms with Crippen LogP contribution in [0.2, 0.25) is 0 Å². The van der Waals surface area contributed by atoms with Crippen molar-refractivity contribution in [3.8, 4) is 11.4 Å². The molecule has 0 bridgehead atoms. The molecule has 6 nitrogen and oxygen atoms in total. The number of hydrogen-bond donors (Lipinski definition) is 1. The van der Waals surface area contributed by atoms with Crippen molar-refractivity contribution in [3.05, 3.63) is 59.7 Å². The molecule has 0 radical (unpaired) electrons. The molecule has 0 saturated carbocycles. The van der Waals surface area contributed by atoms with Gasteiger partial charge in [0, 0.05) is 11.6 Å². The largest absolute Gasteiger partial charge is 0.364 e. The van der Waals surface area contributed by atoms with E-state index in [2.05, 4.69) is 10.3 Å². The van der Waals surface area contributed by atoms with Crippen LogP contribution in [0.15, 0.2) is 47.2 Å². The fourth-order valence-electron chi connectivity index (χ4n) is 2.00. The lowest BCUT2D eigenvalue weighted by Gasteiger charge is -2.06. The maximum atomic E-state index is 13.7. The van der Waals surface area contributed by atoms with E-state index in [9.17, 15) is 9.18 Å². The molecule has 0 saturated heterocycles. The van der Waals surface area contributed by atoms with Gasteiger partial charge < -0.3 is 10.3 Å². The first-order valence-electron chi connectivity index (χ1n) is 6.17. The molecule has 3 aromatic rings. The summed E-state index contributed by atoms with van der Waals surface area (Å²) >= 11 is 0. The zero-order valence-electron chi connectivity index (χ0n) is 10.9. The lowest BCUT2D eigenvalue weighted by Crippen LogP contribution is -2.13. The first-order valence-corrected chi connectivity index (χ1v) is 6.17. The van der Waals surface area contributed by atoms with E-state index in [-0.39, 0.29) is 18.1 Å². The molecular weight excluding hydrogens is 275 g/mol. The Kier molecular flexibility index (Phi) is 3.23. The first-order chi connectivity index (χ1) is 10.1. The van der Waals surface area contributed by atoms with E-state index >= 15 is 0 Å². The quantitative estimate of drug-likeness (QED) is 0.792. The standard InChI is InChI=1S/C14H11FN4O2/c15-10-4-2-1-3-9(10)8-19-13(11-5-6-21-18-11)7-12(17-19)14(16)20/h1-7H,8H2,(H2,16,20). The van der Waals surface area contributed by atoms with Gasteiger partial charge in [-0.15, -0.1) is 0 Å². The van der Waals surface area contributed by atoms with Gasteiger partial charge in [0.2, 0.25) is 0 Å². The molecule has 0 aliphatic carbocycles. The van der Waals surface area contributed by atoms with Crippen molar-refractivity contribution in [1.29, 1.82) is 0 Å². The normalized spacial score (nSPS) is 10.7. The maximum Gasteiger partial charge on any atom is 0.269 e. The van der Waals surface area contributed by atoms with Crippen LogP contribution in [0.1, 0.15) is 16.1 Å². The molecule has 2 N–H and O–H groups in total. The maximum absolute atomic E-state index is 13.7. The van der Waals surface area contributed by atoms with Crippen LogP contribution in [0.3, 0.4) is 0 Å². The predicted molar refractivity (Wildman–Crippen MR) is 71.7 cm³/mol. The second kappa shape index (κ2) is 5.20. The SMILES string of the molecule is NC(=O)c1cc(-c2ccon2)n(Cc2ccccc2F)n1. The van der Waals surface area contributed by atoms with Crippen molar-refractivity contribution in [1.82, 2.24) is 14.9 Å². The summed E-state index contributed by atoms with van der Waals surface area (Å²) in [6.07, 6.45) is 1.40. The highest BCUT2D eigenvalue weighted by atomic mass is 19.1. The van der Waals surface area contributed by atoms with Crippen molar-refractivity contribution in [2.24, 2.45) is 5.73 Å². The zero-order chi connectivity index (χ0) is 14.8. The number of amides is 1. The Morgan fingerprint density at radius 1 is 1.33 bits per heavy atom. The van der Waals surface area contributed by atoms with Gasteiger partial charge in [-0.1, -0.05) is 23.4 Å². The Morgan fingerprint density at radius 3 is 2.81 bits per heavy atom. The fourth-order valence-corrected chi connectivity index (χ4v) is 2.00. The number of hydrogen-bond acceptors (Lipinski definition) is 4. The van der Waals surface area contributed by atoms with E-state index < -0.39 is 5.91 Å². The van der Waals surface area contributed by atoms with E-state index in [1.165, 1.54) is 23.1 Å². The molecule has 3 rings (SSSR count). The lowest BCUT2D eigenvalue weighted by atomic mass is 10.2. The van der Waals surface area contributed by atoms with E-state index in [0.29, 0.717) is 17.0 Å². The molecule has 0 fully saturated rings. The van der Waals surface area contributed by atoms with E-state index in [0.717, 1.165) is 0 Å². The number of halogens is 1. The van der Waals surface area contributed by atoms with Crippen molar-refractivity contribution in [3.63, 3.8) is 0 Å². The summed E-state index contributed by atoms with van der Waals surface area (Å²) in [6.45, 7) is 0.155. The monoisotopic (exact) mass is 286 g/mol. The molecule has 21 heavy (non-hydrogen) atoms. The Bertz CT molecular complexity index is 780. The predicted octanol–water partition coefficient (Wildman–Crippen LogP) is 1.82. The molecule has 0 aliphatic rings. The van der Waals surface area contributed by atoms with Crippen LogP contribution in [-0.4, -0.2) is 20.8 Å². The third kappa shape index (κ3) is 2.53. The average Bonchev–Trinajstić information content (AvgIpc) is 3.10. The van der Waals surface area contributed by atoms with Gasteiger partial charge in [0.1, 0.15) is 17.8 Å². The molecule has 2 aromatic heterocycles. The number of carbonyl (C=O) groups is 1. The molecule has 0 atom stereocenters. The van der Waals surface area contributed by atoms with Gasteiger partial charge in [-0.05, 0) is 12.1 Å². The molecule has 106 valence electrons. The Hall–Kier alpha value is -2.96. The van der Waals surface area contributed by atoms with Crippen LogP contribution < -0.4 is 5.73 Å². The summed E-state index contributed by atoms with van der Waals surface area (Å²) in [7, 11) is 0. The minimum absolute atomic E-state index is 0.0874. The number of nitrogens with two attached hydrogens (primary N) is 1. The molecule has 0 unspecified atom stereocenters. The van der Waals surface area contributed by atoms with Crippen LogP contribution in [-0.2, 0) is 6.54 Å². The summed E-state index contributed by atoms with van der Waals surface area (Å²) < 4.78 is 20.0. The third-order valence-corrected chi connectivity index (χ3v) is 3.01. The Morgan fingerprint density at radius 2 is 2.14 bits per heavy atom. The minimum atomic E-state index is -0.660. The van der Waals surface area contributed by atoms with Gasteiger partial charge in [0.05, 0.1) is 12.2 Å². The highest BCUT2D eigenvalue weighted by molar-refractivity contribution is 5.91. The smallest absolute Gasteiger partial charge is 0.269 e. The van der Waals surface area contributed by atoms with E-state index in [4.69, 9.17) is 10.3 Å². The van der Waals surface area contributed by atoms with Crippen LogP contribution in [0.25, 0.3) is 11.4 Å². The second-order valence-electron chi connectivity index (χ2n) is 4.41. The first kappa shape index (κ1) is 13.0. The van der Waals surface area contributed by atoms with Gasteiger partial charge in [-0.25, -0.2) is 4.39 Å². The number of benzene rings is 1.